The van der Waals surface area contributed by atoms with E-state index in [1.165, 1.54) is 0 Å². The standard InChI is InChI=1S/C35H54O7Si/c1-20-17-21(2)35-25(18-26(38-8)19-39-29(20)23(4)36)15-16-27-28(35)30(42-43(9,10)34(5,6)7)22(3)31(32(27)41-35)40-33(37)24-13-11-12-14-24/h11-13,15-17,20,22-23,25-32,36H,14,18-19H2,1-10H3/b21-17+/t20-,22-,23-,25-,26+,27-,28+,29-,30-,31-,32-,35+/m1/s1. The largest absolute Gasteiger partial charge is 0.456 e. The lowest BCUT2D eigenvalue weighted by Gasteiger charge is -2.53. The fraction of sp³-hybridized carbons (Fsp3) is 0.743. The summed E-state index contributed by atoms with van der Waals surface area (Å²) in [6, 6.07) is 0. The van der Waals surface area contributed by atoms with Crippen molar-refractivity contribution in [2.45, 2.75) is 122 Å². The quantitative estimate of drug-likeness (QED) is 0.218. The third kappa shape index (κ3) is 5.70. The molecule has 5 aliphatic rings. The zero-order valence-electron chi connectivity index (χ0n) is 27.8. The number of rotatable bonds is 6. The molecule has 1 spiro atoms. The number of methoxy groups -OCH3 is 1. The Kier molecular flexibility index (Phi) is 9.15. The lowest BCUT2D eigenvalue weighted by molar-refractivity contribution is -0.165. The molecule has 2 aliphatic heterocycles. The van der Waals surface area contributed by atoms with Gasteiger partial charge in [0.15, 0.2) is 8.32 Å². The molecule has 0 aromatic carbocycles. The van der Waals surface area contributed by atoms with Crippen LogP contribution in [0.25, 0.3) is 0 Å². The molecule has 7 nitrogen and oxygen atoms in total. The smallest absolute Gasteiger partial charge is 0.334 e. The molecule has 1 saturated carbocycles. The van der Waals surface area contributed by atoms with Crippen molar-refractivity contribution in [3.63, 3.8) is 0 Å². The van der Waals surface area contributed by atoms with Gasteiger partial charge in [0.2, 0.25) is 0 Å². The number of hydrogen-bond acceptors (Lipinski definition) is 7. The van der Waals surface area contributed by atoms with Gasteiger partial charge in [-0.05, 0) is 50.4 Å². The molecule has 8 heteroatoms. The maximum atomic E-state index is 13.4. The monoisotopic (exact) mass is 614 g/mol. The van der Waals surface area contributed by atoms with Crippen LogP contribution in [-0.2, 0) is 28.2 Å². The van der Waals surface area contributed by atoms with Crippen LogP contribution in [0.1, 0.15) is 61.3 Å². The molecule has 2 fully saturated rings. The van der Waals surface area contributed by atoms with Crippen molar-refractivity contribution in [2.75, 3.05) is 13.7 Å². The van der Waals surface area contributed by atoms with E-state index in [4.69, 9.17) is 23.4 Å². The van der Waals surface area contributed by atoms with Gasteiger partial charge in [0, 0.05) is 42.3 Å². The summed E-state index contributed by atoms with van der Waals surface area (Å²) < 4.78 is 33.4. The summed E-state index contributed by atoms with van der Waals surface area (Å²) in [4.78, 5) is 13.4. The molecular weight excluding hydrogens is 560 g/mol. The van der Waals surface area contributed by atoms with Gasteiger partial charge in [0.1, 0.15) is 17.8 Å². The van der Waals surface area contributed by atoms with Crippen LogP contribution in [0.2, 0.25) is 18.1 Å². The molecule has 5 rings (SSSR count). The fourth-order valence-corrected chi connectivity index (χ4v) is 9.45. The van der Waals surface area contributed by atoms with Crippen LogP contribution >= 0.6 is 0 Å². The maximum absolute atomic E-state index is 13.4. The van der Waals surface area contributed by atoms with E-state index in [1.54, 1.807) is 14.0 Å². The Morgan fingerprint density at radius 3 is 2.51 bits per heavy atom. The van der Waals surface area contributed by atoms with Crippen molar-refractivity contribution < 1.29 is 33.3 Å². The maximum Gasteiger partial charge on any atom is 0.334 e. The van der Waals surface area contributed by atoms with E-state index in [1.807, 2.05) is 18.2 Å². The van der Waals surface area contributed by atoms with Crippen LogP contribution in [0.3, 0.4) is 0 Å². The zero-order valence-corrected chi connectivity index (χ0v) is 28.8. The van der Waals surface area contributed by atoms with Crippen LogP contribution < -0.4 is 0 Å². The highest BCUT2D eigenvalue weighted by atomic mass is 28.4. The van der Waals surface area contributed by atoms with Gasteiger partial charge in [-0.3, -0.25) is 0 Å². The first kappa shape index (κ1) is 32.8. The Labute approximate surface area is 259 Å². The van der Waals surface area contributed by atoms with Crippen LogP contribution in [0, 0.1) is 29.6 Å². The Bertz CT molecular complexity index is 1180. The van der Waals surface area contributed by atoms with E-state index in [0.717, 1.165) is 5.57 Å². The normalized spacial score (nSPS) is 43.0. The number of ether oxygens (including phenoxy) is 4. The van der Waals surface area contributed by atoms with Crippen molar-refractivity contribution in [2.24, 2.45) is 29.6 Å². The minimum Gasteiger partial charge on any atom is -0.456 e. The summed E-state index contributed by atoms with van der Waals surface area (Å²) >= 11 is 0. The molecule has 4 bridgehead atoms. The van der Waals surface area contributed by atoms with Crippen molar-refractivity contribution in [1.29, 1.82) is 0 Å². The Morgan fingerprint density at radius 2 is 1.91 bits per heavy atom. The summed E-state index contributed by atoms with van der Waals surface area (Å²) in [5.41, 5.74) is 1.15. The van der Waals surface area contributed by atoms with Gasteiger partial charge in [-0.25, -0.2) is 4.79 Å². The third-order valence-electron chi connectivity index (χ3n) is 11.4. The number of aliphatic hydroxyl groups excluding tert-OH is 1. The second-order valence-corrected chi connectivity index (χ2v) is 20.0. The zero-order chi connectivity index (χ0) is 31.5. The van der Waals surface area contributed by atoms with Crippen LogP contribution in [0.5, 0.6) is 0 Å². The second-order valence-electron chi connectivity index (χ2n) is 15.2. The predicted octanol–water partition coefficient (Wildman–Crippen LogP) is 6.15. The molecule has 1 saturated heterocycles. The summed E-state index contributed by atoms with van der Waals surface area (Å²) in [5, 5.41) is 10.7. The molecule has 0 aromatic rings. The van der Waals surface area contributed by atoms with Gasteiger partial charge in [-0.15, -0.1) is 0 Å². The van der Waals surface area contributed by atoms with Gasteiger partial charge in [0.25, 0.3) is 0 Å². The molecule has 0 radical (unpaired) electrons. The highest BCUT2D eigenvalue weighted by molar-refractivity contribution is 6.74. The Hall–Kier alpha value is -1.55. The van der Waals surface area contributed by atoms with E-state index in [-0.39, 0.29) is 65.0 Å². The predicted molar refractivity (Wildman–Crippen MR) is 170 cm³/mol. The highest BCUT2D eigenvalue weighted by Gasteiger charge is 2.70. The molecule has 3 aliphatic carbocycles. The summed E-state index contributed by atoms with van der Waals surface area (Å²) in [6.45, 7) is 20.1. The molecule has 0 aromatic heterocycles. The minimum absolute atomic E-state index is 0.0102. The summed E-state index contributed by atoms with van der Waals surface area (Å²) in [7, 11) is -0.509. The number of carbonyl (C=O) groups excluding carboxylic acids is 1. The average molecular weight is 615 g/mol. The van der Waals surface area contributed by atoms with Crippen molar-refractivity contribution >= 4 is 14.3 Å². The van der Waals surface area contributed by atoms with Crippen LogP contribution in [-0.4, -0.2) is 75.3 Å². The third-order valence-corrected chi connectivity index (χ3v) is 15.9. The molecule has 1 N–H and O–H groups in total. The molecule has 43 heavy (non-hydrogen) atoms. The Balaban J connectivity index is 1.64. The number of aliphatic hydroxyl groups is 1. The lowest BCUT2D eigenvalue weighted by Crippen LogP contribution is -2.60. The second kappa shape index (κ2) is 12.0. The number of carbonyl (C=O) groups is 1. The van der Waals surface area contributed by atoms with Gasteiger partial charge in [-0.2, -0.15) is 0 Å². The van der Waals surface area contributed by atoms with Crippen molar-refractivity contribution in [1.82, 2.24) is 0 Å². The van der Waals surface area contributed by atoms with E-state index < -0.39 is 26.1 Å². The number of allylic oxidation sites excluding steroid dienone is 3. The first-order valence-electron chi connectivity index (χ1n) is 16.2. The first-order chi connectivity index (χ1) is 20.1. The number of hydrogen-bond donors (Lipinski definition) is 1. The van der Waals surface area contributed by atoms with E-state index in [9.17, 15) is 9.90 Å². The van der Waals surface area contributed by atoms with E-state index >= 15 is 0 Å². The molecule has 0 amide bonds. The van der Waals surface area contributed by atoms with Crippen molar-refractivity contribution in [3.8, 4) is 0 Å². The number of esters is 1. The van der Waals surface area contributed by atoms with Gasteiger partial charge < -0.3 is 28.5 Å². The molecular formula is C35H54O7Si. The summed E-state index contributed by atoms with van der Waals surface area (Å²) in [5.74, 6) is -0.261. The van der Waals surface area contributed by atoms with Gasteiger partial charge in [-0.1, -0.05) is 71.1 Å². The van der Waals surface area contributed by atoms with Crippen molar-refractivity contribution in [3.05, 3.63) is 47.6 Å². The van der Waals surface area contributed by atoms with Gasteiger partial charge in [0.05, 0.1) is 31.0 Å². The van der Waals surface area contributed by atoms with Crippen LogP contribution in [0.15, 0.2) is 47.6 Å². The lowest BCUT2D eigenvalue weighted by atomic mass is 9.57. The molecule has 12 atom stereocenters. The first-order valence-corrected chi connectivity index (χ1v) is 19.1. The van der Waals surface area contributed by atoms with E-state index in [0.29, 0.717) is 25.0 Å². The highest BCUT2D eigenvalue weighted by Crippen LogP contribution is 2.62. The molecule has 2 heterocycles. The SMILES string of the molecule is CO[C@@H]1CO[C@@H]([C@@H](C)O)[C@H](C)/C=C(\C)[C@]23O[C@@H]4[C@H](C=C[C@@H]2C1)[C@H]3[C@H](O[Si](C)(C)C(C)(C)C)[C@@H](C)[C@H]4OC(=O)C1=CC=CC1. The topological polar surface area (TPSA) is 83.5 Å². The average Bonchev–Trinajstić information content (AvgIpc) is 3.52. The minimum atomic E-state index is -2.24. The fourth-order valence-electron chi connectivity index (χ4n) is 8.06. The molecule has 240 valence electrons. The molecule has 0 unspecified atom stereocenters. The Morgan fingerprint density at radius 1 is 1.19 bits per heavy atom. The van der Waals surface area contributed by atoms with Gasteiger partial charge >= 0.3 is 5.97 Å². The van der Waals surface area contributed by atoms with Crippen LogP contribution in [0.4, 0.5) is 0 Å². The summed E-state index contributed by atoms with van der Waals surface area (Å²) in [6.07, 6.45) is 11.9. The van der Waals surface area contributed by atoms with E-state index in [2.05, 4.69) is 72.9 Å².